The quantitative estimate of drug-likeness (QED) is 0.457. The molecule has 0 saturated carbocycles. The molecule has 112 valence electrons. The van der Waals surface area contributed by atoms with E-state index in [4.69, 9.17) is 15.0 Å². The summed E-state index contributed by atoms with van der Waals surface area (Å²) in [5.74, 6) is 1.52. The third-order valence-corrected chi connectivity index (χ3v) is 3.58. The fraction of sp³-hybridized carbons (Fsp3) is 0.500. The zero-order valence-corrected chi connectivity index (χ0v) is 12.2. The van der Waals surface area contributed by atoms with E-state index in [1.165, 1.54) is 0 Å². The van der Waals surface area contributed by atoms with E-state index in [9.17, 15) is 4.79 Å². The second-order valence-electron chi connectivity index (χ2n) is 4.90. The first-order chi connectivity index (χ1) is 10.2. The molecule has 1 fully saturated rings. The van der Waals surface area contributed by atoms with Gasteiger partial charge in [-0.05, 0) is 23.6 Å². The average Bonchev–Trinajstić information content (AvgIpc) is 2.85. The number of likely N-dealkylation sites (tertiary alicyclic amines) is 1. The monoisotopic (exact) mass is 290 g/mol. The molecule has 7 heteroatoms. The van der Waals surface area contributed by atoms with Gasteiger partial charge in [0.1, 0.15) is 11.5 Å². The van der Waals surface area contributed by atoms with Crippen molar-refractivity contribution >= 4 is 5.91 Å². The molecule has 1 aromatic carbocycles. The van der Waals surface area contributed by atoms with Crippen molar-refractivity contribution in [3.8, 4) is 11.5 Å². The summed E-state index contributed by atoms with van der Waals surface area (Å²) in [6, 6.07) is 5.53. The van der Waals surface area contributed by atoms with Gasteiger partial charge in [-0.1, -0.05) is 11.2 Å². The molecule has 1 aromatic rings. The van der Waals surface area contributed by atoms with E-state index in [1.807, 2.05) is 18.2 Å². The number of carbonyl (C=O) groups is 1. The zero-order chi connectivity index (χ0) is 15.2. The SMILES string of the molecule is COc1cccc(OC)c1CN1CC(CN=[N+]=[N-])CC1=O. The first kappa shape index (κ1) is 15.0. The number of hydrogen-bond donors (Lipinski definition) is 0. The van der Waals surface area contributed by atoms with Crippen molar-refractivity contribution in [1.82, 2.24) is 4.90 Å². The fourth-order valence-electron chi connectivity index (χ4n) is 2.56. The van der Waals surface area contributed by atoms with Crippen molar-refractivity contribution in [3.05, 3.63) is 34.2 Å². The van der Waals surface area contributed by atoms with E-state index in [0.717, 1.165) is 5.56 Å². The highest BCUT2D eigenvalue weighted by molar-refractivity contribution is 5.78. The summed E-state index contributed by atoms with van der Waals surface area (Å²) in [6.45, 7) is 1.36. The van der Waals surface area contributed by atoms with E-state index in [2.05, 4.69) is 10.0 Å². The van der Waals surface area contributed by atoms with Gasteiger partial charge in [-0.25, -0.2) is 0 Å². The maximum absolute atomic E-state index is 12.1. The summed E-state index contributed by atoms with van der Waals surface area (Å²) in [5, 5.41) is 3.55. The van der Waals surface area contributed by atoms with Crippen LogP contribution in [0.2, 0.25) is 0 Å². The Morgan fingerprint density at radius 1 is 1.38 bits per heavy atom. The molecule has 1 aliphatic heterocycles. The van der Waals surface area contributed by atoms with Gasteiger partial charge in [0.25, 0.3) is 0 Å². The number of hydrogen-bond acceptors (Lipinski definition) is 4. The minimum Gasteiger partial charge on any atom is -0.496 e. The second kappa shape index (κ2) is 6.85. The van der Waals surface area contributed by atoms with Crippen molar-refractivity contribution in [2.45, 2.75) is 13.0 Å². The Kier molecular flexibility index (Phi) is 4.90. The Hall–Kier alpha value is -2.40. The molecule has 2 rings (SSSR count). The standard InChI is InChI=1S/C14H18N4O3/c1-20-12-4-3-5-13(21-2)11(12)9-18-8-10(6-14(18)19)7-16-17-15/h3-5,10H,6-9H2,1-2H3. The molecule has 1 aliphatic rings. The van der Waals surface area contributed by atoms with Crippen LogP contribution < -0.4 is 9.47 Å². The average molecular weight is 290 g/mol. The summed E-state index contributed by atoms with van der Waals surface area (Å²) in [4.78, 5) is 16.6. The van der Waals surface area contributed by atoms with Crippen LogP contribution >= 0.6 is 0 Å². The summed E-state index contributed by atoms with van der Waals surface area (Å²) >= 11 is 0. The maximum atomic E-state index is 12.1. The van der Waals surface area contributed by atoms with Crippen LogP contribution in [0.15, 0.2) is 23.3 Å². The number of carbonyl (C=O) groups excluding carboxylic acids is 1. The van der Waals surface area contributed by atoms with Crippen molar-refractivity contribution in [1.29, 1.82) is 0 Å². The van der Waals surface area contributed by atoms with Gasteiger partial charge in [0.15, 0.2) is 0 Å². The molecule has 0 N–H and O–H groups in total. The van der Waals surface area contributed by atoms with Crippen molar-refractivity contribution < 1.29 is 14.3 Å². The predicted octanol–water partition coefficient (Wildman–Crippen LogP) is 2.36. The molecule has 0 bridgehead atoms. The van der Waals surface area contributed by atoms with Gasteiger partial charge in [-0.15, -0.1) is 0 Å². The molecule has 21 heavy (non-hydrogen) atoms. The predicted molar refractivity (Wildman–Crippen MR) is 77.1 cm³/mol. The third-order valence-electron chi connectivity index (χ3n) is 3.58. The van der Waals surface area contributed by atoms with Gasteiger partial charge >= 0.3 is 0 Å². The molecular formula is C14H18N4O3. The van der Waals surface area contributed by atoms with Crippen LogP contribution in [0.5, 0.6) is 11.5 Å². The highest BCUT2D eigenvalue weighted by atomic mass is 16.5. The lowest BCUT2D eigenvalue weighted by atomic mass is 10.1. The minimum absolute atomic E-state index is 0.0566. The van der Waals surface area contributed by atoms with Gasteiger partial charge in [0.2, 0.25) is 5.91 Å². The van der Waals surface area contributed by atoms with Crippen molar-refractivity contribution in [2.24, 2.45) is 11.0 Å². The van der Waals surface area contributed by atoms with Gasteiger partial charge in [-0.2, -0.15) is 0 Å². The number of methoxy groups -OCH3 is 2. The van der Waals surface area contributed by atoms with E-state index < -0.39 is 0 Å². The lowest BCUT2D eigenvalue weighted by molar-refractivity contribution is -0.128. The Morgan fingerprint density at radius 3 is 2.62 bits per heavy atom. The van der Waals surface area contributed by atoms with E-state index in [-0.39, 0.29) is 11.8 Å². The minimum atomic E-state index is 0.0566. The Balaban J connectivity index is 2.15. The number of rotatable bonds is 6. The summed E-state index contributed by atoms with van der Waals surface area (Å²) in [5.41, 5.74) is 9.20. The first-order valence-corrected chi connectivity index (χ1v) is 6.68. The highest BCUT2D eigenvalue weighted by Crippen LogP contribution is 2.31. The number of benzene rings is 1. The van der Waals surface area contributed by atoms with Crippen LogP contribution in [0, 0.1) is 5.92 Å². The molecule has 1 amide bonds. The van der Waals surface area contributed by atoms with Crippen LogP contribution in [0.4, 0.5) is 0 Å². The molecule has 7 nitrogen and oxygen atoms in total. The summed E-state index contributed by atoms with van der Waals surface area (Å²) < 4.78 is 10.7. The highest BCUT2D eigenvalue weighted by Gasteiger charge is 2.30. The molecular weight excluding hydrogens is 272 g/mol. The topological polar surface area (TPSA) is 87.5 Å². The largest absolute Gasteiger partial charge is 0.496 e. The lowest BCUT2D eigenvalue weighted by Crippen LogP contribution is -2.25. The molecule has 1 heterocycles. The Morgan fingerprint density at radius 2 is 2.05 bits per heavy atom. The summed E-state index contributed by atoms with van der Waals surface area (Å²) in [7, 11) is 3.18. The van der Waals surface area contributed by atoms with Crippen molar-refractivity contribution in [2.75, 3.05) is 27.3 Å². The number of azide groups is 1. The number of amides is 1. The summed E-state index contributed by atoms with van der Waals surface area (Å²) in [6.07, 6.45) is 0.413. The molecule has 0 spiro atoms. The molecule has 0 aromatic heterocycles. The number of nitrogens with zero attached hydrogens (tertiary/aromatic N) is 4. The van der Waals surface area contributed by atoms with Crippen LogP contribution in [-0.4, -0.2) is 38.1 Å². The zero-order valence-electron chi connectivity index (χ0n) is 12.2. The van der Waals surface area contributed by atoms with Crippen LogP contribution in [-0.2, 0) is 11.3 Å². The van der Waals surface area contributed by atoms with Crippen molar-refractivity contribution in [3.63, 3.8) is 0 Å². The Labute approximate surface area is 123 Å². The maximum Gasteiger partial charge on any atom is 0.223 e. The van der Waals surface area contributed by atoms with Crippen LogP contribution in [0.1, 0.15) is 12.0 Å². The normalized spacial score (nSPS) is 17.5. The second-order valence-corrected chi connectivity index (χ2v) is 4.90. The van der Waals surface area contributed by atoms with E-state index >= 15 is 0 Å². The lowest BCUT2D eigenvalue weighted by Gasteiger charge is -2.20. The fourth-order valence-corrected chi connectivity index (χ4v) is 2.56. The van der Waals surface area contributed by atoms with E-state index in [0.29, 0.717) is 37.6 Å². The molecule has 0 aliphatic carbocycles. The van der Waals surface area contributed by atoms with E-state index in [1.54, 1.807) is 19.1 Å². The molecule has 1 unspecified atom stereocenters. The van der Waals surface area contributed by atoms with Crippen LogP contribution in [0.3, 0.4) is 0 Å². The van der Waals surface area contributed by atoms with Gasteiger partial charge < -0.3 is 14.4 Å². The smallest absolute Gasteiger partial charge is 0.223 e. The van der Waals surface area contributed by atoms with Gasteiger partial charge in [-0.3, -0.25) is 4.79 Å². The molecule has 1 atom stereocenters. The van der Waals surface area contributed by atoms with Gasteiger partial charge in [0.05, 0.1) is 26.3 Å². The van der Waals surface area contributed by atoms with Gasteiger partial charge in [0, 0.05) is 24.4 Å². The Bertz CT molecular complexity index is 547. The first-order valence-electron chi connectivity index (χ1n) is 6.68. The third kappa shape index (κ3) is 3.38. The molecule has 0 radical (unpaired) electrons. The molecule has 1 saturated heterocycles. The van der Waals surface area contributed by atoms with Crippen LogP contribution in [0.25, 0.3) is 10.4 Å². The number of ether oxygens (including phenoxy) is 2.